The van der Waals surface area contributed by atoms with Crippen molar-refractivity contribution in [2.45, 2.75) is 33.2 Å². The summed E-state index contributed by atoms with van der Waals surface area (Å²) in [4.78, 5) is 17.2. The minimum absolute atomic E-state index is 0.0889. The van der Waals surface area contributed by atoms with Gasteiger partial charge in [-0.25, -0.2) is 9.67 Å². The number of hydrogen-bond donors (Lipinski definition) is 1. The third-order valence-corrected chi connectivity index (χ3v) is 4.89. The number of tetrazole rings is 1. The van der Waals surface area contributed by atoms with Crippen molar-refractivity contribution in [2.24, 2.45) is 5.92 Å². The lowest BCUT2D eigenvalue weighted by Gasteiger charge is -2.12. The summed E-state index contributed by atoms with van der Waals surface area (Å²) in [5.74, 6) is 1.52. The van der Waals surface area contributed by atoms with Crippen LogP contribution in [0, 0.1) is 5.92 Å². The highest BCUT2D eigenvalue weighted by atomic mass is 16.1. The van der Waals surface area contributed by atoms with Crippen LogP contribution in [0.5, 0.6) is 0 Å². The second-order valence-electron chi connectivity index (χ2n) is 7.68. The molecule has 0 spiro atoms. The summed E-state index contributed by atoms with van der Waals surface area (Å²) in [5.41, 5.74) is 3.62. The summed E-state index contributed by atoms with van der Waals surface area (Å²) < 4.78 is 3.85. The zero-order chi connectivity index (χ0) is 20.9. The highest BCUT2D eigenvalue weighted by Gasteiger charge is 2.12. The van der Waals surface area contributed by atoms with Crippen LogP contribution in [0.1, 0.15) is 36.5 Å². The first-order chi connectivity index (χ1) is 14.6. The maximum absolute atomic E-state index is 12.4. The highest BCUT2D eigenvalue weighted by Crippen LogP contribution is 2.18. The van der Waals surface area contributed by atoms with Gasteiger partial charge in [0, 0.05) is 25.1 Å². The molecule has 0 fully saturated rings. The fourth-order valence-electron chi connectivity index (χ4n) is 3.48. The molecule has 4 rings (SSSR count). The lowest BCUT2D eigenvalue weighted by Crippen LogP contribution is -2.25. The van der Waals surface area contributed by atoms with Crippen molar-refractivity contribution in [1.82, 2.24) is 35.1 Å². The van der Waals surface area contributed by atoms with E-state index in [9.17, 15) is 4.79 Å². The average molecular weight is 403 g/mol. The molecule has 0 atom stereocenters. The predicted octanol–water partition coefficient (Wildman–Crippen LogP) is 3.03. The van der Waals surface area contributed by atoms with Gasteiger partial charge in [0.15, 0.2) is 0 Å². The number of hydrogen-bond acceptors (Lipinski definition) is 5. The molecule has 8 nitrogen and oxygen atoms in total. The molecule has 0 saturated heterocycles. The Bertz CT molecular complexity index is 1110. The Kier molecular flexibility index (Phi) is 5.83. The molecule has 0 aliphatic carbocycles. The van der Waals surface area contributed by atoms with Gasteiger partial charge in [0.05, 0.1) is 16.7 Å². The van der Waals surface area contributed by atoms with E-state index in [1.807, 2.05) is 18.2 Å². The Morgan fingerprint density at radius 3 is 2.63 bits per heavy atom. The van der Waals surface area contributed by atoms with Crippen LogP contribution < -0.4 is 5.32 Å². The minimum atomic E-state index is -0.0889. The molecule has 30 heavy (non-hydrogen) atoms. The number of amides is 1. The van der Waals surface area contributed by atoms with Crippen LogP contribution >= 0.6 is 0 Å². The van der Waals surface area contributed by atoms with Gasteiger partial charge >= 0.3 is 0 Å². The number of nitrogens with one attached hydrogen (secondary N) is 1. The topological polar surface area (TPSA) is 90.5 Å². The molecule has 0 saturated carbocycles. The van der Waals surface area contributed by atoms with Crippen LogP contribution in [0.25, 0.3) is 16.7 Å². The van der Waals surface area contributed by atoms with E-state index in [0.29, 0.717) is 18.0 Å². The van der Waals surface area contributed by atoms with E-state index in [4.69, 9.17) is 4.98 Å². The van der Waals surface area contributed by atoms with Crippen molar-refractivity contribution < 1.29 is 4.79 Å². The number of para-hydroxylation sites is 2. The zero-order valence-electron chi connectivity index (χ0n) is 17.2. The Labute approximate surface area is 174 Å². The van der Waals surface area contributed by atoms with Crippen molar-refractivity contribution in [3.63, 3.8) is 0 Å². The van der Waals surface area contributed by atoms with E-state index in [1.54, 1.807) is 16.8 Å². The van der Waals surface area contributed by atoms with Gasteiger partial charge in [0.2, 0.25) is 0 Å². The Balaban J connectivity index is 1.34. The number of nitrogens with zero attached hydrogens (tertiary/aromatic N) is 6. The summed E-state index contributed by atoms with van der Waals surface area (Å²) in [6.45, 7) is 5.96. The fourth-order valence-corrected chi connectivity index (χ4v) is 3.48. The number of aryl methyl sites for hydroxylation is 1. The number of aromatic nitrogens is 6. The van der Waals surface area contributed by atoms with E-state index >= 15 is 0 Å². The molecule has 1 N–H and O–H groups in total. The van der Waals surface area contributed by atoms with Gasteiger partial charge in [-0.1, -0.05) is 26.0 Å². The molecule has 0 aliphatic rings. The van der Waals surface area contributed by atoms with Gasteiger partial charge in [0.1, 0.15) is 12.2 Å². The van der Waals surface area contributed by atoms with Crippen molar-refractivity contribution in [3.8, 4) is 5.69 Å². The number of carbonyl (C=O) groups is 1. The van der Waals surface area contributed by atoms with Crippen LogP contribution in [-0.4, -0.2) is 42.2 Å². The van der Waals surface area contributed by atoms with E-state index in [0.717, 1.165) is 36.4 Å². The summed E-state index contributed by atoms with van der Waals surface area (Å²) >= 11 is 0. The largest absolute Gasteiger partial charge is 0.352 e. The molecule has 2 aromatic heterocycles. The Hall–Kier alpha value is -3.55. The van der Waals surface area contributed by atoms with Gasteiger partial charge < -0.3 is 9.88 Å². The Morgan fingerprint density at radius 1 is 1.10 bits per heavy atom. The number of fused-ring (bicyclic) bond motifs is 1. The number of benzene rings is 2. The molecule has 1 amide bonds. The highest BCUT2D eigenvalue weighted by molar-refractivity contribution is 5.94. The van der Waals surface area contributed by atoms with Crippen molar-refractivity contribution in [2.75, 3.05) is 6.54 Å². The van der Waals surface area contributed by atoms with Crippen LogP contribution in [0.15, 0.2) is 54.9 Å². The fraction of sp³-hybridized carbons (Fsp3) is 0.318. The van der Waals surface area contributed by atoms with E-state index < -0.39 is 0 Å². The van der Waals surface area contributed by atoms with E-state index in [2.05, 4.69) is 57.5 Å². The number of imidazole rings is 1. The van der Waals surface area contributed by atoms with Crippen LogP contribution in [-0.2, 0) is 13.0 Å². The third-order valence-electron chi connectivity index (χ3n) is 4.89. The average Bonchev–Trinajstić information content (AvgIpc) is 3.40. The van der Waals surface area contributed by atoms with Crippen LogP contribution in [0.2, 0.25) is 0 Å². The van der Waals surface area contributed by atoms with E-state index in [-0.39, 0.29) is 5.91 Å². The van der Waals surface area contributed by atoms with Crippen molar-refractivity contribution in [3.05, 3.63) is 66.2 Å². The molecule has 2 heterocycles. The lowest BCUT2D eigenvalue weighted by atomic mass is 10.2. The molecular formula is C22H25N7O. The maximum Gasteiger partial charge on any atom is 0.251 e. The van der Waals surface area contributed by atoms with Gasteiger partial charge in [-0.05, 0) is 59.2 Å². The molecule has 154 valence electrons. The molecule has 0 radical (unpaired) electrons. The number of rotatable bonds is 8. The normalized spacial score (nSPS) is 11.3. The van der Waals surface area contributed by atoms with Gasteiger partial charge in [0.25, 0.3) is 5.91 Å². The third kappa shape index (κ3) is 4.37. The molecule has 0 aliphatic heterocycles. The van der Waals surface area contributed by atoms with Crippen molar-refractivity contribution in [1.29, 1.82) is 0 Å². The number of carbonyl (C=O) groups excluding carboxylic acids is 1. The quantitative estimate of drug-likeness (QED) is 0.457. The predicted molar refractivity (Wildman–Crippen MR) is 114 cm³/mol. The maximum atomic E-state index is 12.4. The Morgan fingerprint density at radius 2 is 1.90 bits per heavy atom. The standard InChI is InChI=1S/C22H25N7O/c1-16(2)14-28-20-7-4-3-6-19(20)25-21(28)8-5-13-23-22(30)17-9-11-18(12-10-17)29-15-24-26-27-29/h3-4,6-7,9-12,15-16H,5,8,13-14H2,1-2H3,(H,23,30). The molecule has 0 unspecified atom stereocenters. The summed E-state index contributed by atoms with van der Waals surface area (Å²) in [6, 6.07) is 15.4. The molecule has 4 aromatic rings. The molecular weight excluding hydrogens is 378 g/mol. The first-order valence-corrected chi connectivity index (χ1v) is 10.2. The van der Waals surface area contributed by atoms with Crippen molar-refractivity contribution >= 4 is 16.9 Å². The first-order valence-electron chi connectivity index (χ1n) is 10.2. The lowest BCUT2D eigenvalue weighted by molar-refractivity contribution is 0.0953. The minimum Gasteiger partial charge on any atom is -0.352 e. The zero-order valence-corrected chi connectivity index (χ0v) is 17.2. The SMILES string of the molecule is CC(C)Cn1c(CCCNC(=O)c2ccc(-n3cnnn3)cc2)nc2ccccc21. The monoisotopic (exact) mass is 403 g/mol. The molecule has 8 heteroatoms. The van der Waals surface area contributed by atoms with Gasteiger partial charge in [-0.3, -0.25) is 4.79 Å². The summed E-state index contributed by atoms with van der Waals surface area (Å²) in [7, 11) is 0. The smallest absolute Gasteiger partial charge is 0.251 e. The second kappa shape index (κ2) is 8.86. The first kappa shape index (κ1) is 19.8. The second-order valence-corrected chi connectivity index (χ2v) is 7.68. The van der Waals surface area contributed by atoms with Gasteiger partial charge in [-0.15, -0.1) is 5.10 Å². The van der Waals surface area contributed by atoms with Crippen LogP contribution in [0.3, 0.4) is 0 Å². The summed E-state index contributed by atoms with van der Waals surface area (Å²) in [6.07, 6.45) is 3.16. The molecule has 2 aromatic carbocycles. The summed E-state index contributed by atoms with van der Waals surface area (Å²) in [5, 5.41) is 14.1. The van der Waals surface area contributed by atoms with E-state index in [1.165, 1.54) is 11.8 Å². The molecule has 0 bridgehead atoms. The van der Waals surface area contributed by atoms with Crippen LogP contribution in [0.4, 0.5) is 0 Å². The van der Waals surface area contributed by atoms with Gasteiger partial charge in [-0.2, -0.15) is 0 Å².